The highest BCUT2D eigenvalue weighted by atomic mass is 32.2. The summed E-state index contributed by atoms with van der Waals surface area (Å²) < 4.78 is 104. The lowest BCUT2D eigenvalue weighted by Gasteiger charge is -2.08. The van der Waals surface area contributed by atoms with E-state index >= 15 is 0 Å². The van der Waals surface area contributed by atoms with Crippen molar-refractivity contribution in [2.45, 2.75) is 17.2 Å². The van der Waals surface area contributed by atoms with Crippen molar-refractivity contribution in [1.82, 2.24) is 10.1 Å². The number of sulfone groups is 1. The minimum absolute atomic E-state index is 0.0845. The molecule has 0 fully saturated rings. The number of benzene rings is 2. The van der Waals surface area contributed by atoms with Gasteiger partial charge in [0.15, 0.2) is 15.6 Å². The van der Waals surface area contributed by atoms with Crippen LogP contribution in [-0.4, -0.2) is 30.1 Å². The minimum Gasteiger partial charge on any atom is -0.329 e. The Labute approximate surface area is 170 Å². The first-order valence-electron chi connectivity index (χ1n) is 8.22. The van der Waals surface area contributed by atoms with Crippen LogP contribution in [0.25, 0.3) is 11.4 Å². The quantitative estimate of drug-likeness (QED) is 0.410. The maximum absolute atomic E-state index is 12.6. The Balaban J connectivity index is 1.75. The van der Waals surface area contributed by atoms with Crippen LogP contribution < -0.4 is 0 Å². The van der Waals surface area contributed by atoms with Crippen molar-refractivity contribution in [1.29, 1.82) is 0 Å². The minimum atomic E-state index is -4.83. The van der Waals surface area contributed by atoms with Crippen LogP contribution in [0.4, 0.5) is 26.3 Å². The van der Waals surface area contributed by atoms with Crippen LogP contribution in [0.3, 0.4) is 0 Å². The number of halogens is 6. The number of carbonyl (C=O) groups is 1. The lowest BCUT2D eigenvalue weighted by atomic mass is 10.1. The summed E-state index contributed by atoms with van der Waals surface area (Å²) in [6, 6.07) is 7.39. The van der Waals surface area contributed by atoms with Crippen LogP contribution in [0.2, 0.25) is 0 Å². The highest BCUT2D eigenvalue weighted by Gasteiger charge is 2.38. The largest absolute Gasteiger partial charge is 0.471 e. The molecule has 0 amide bonds. The van der Waals surface area contributed by atoms with Crippen molar-refractivity contribution in [3.8, 4) is 11.4 Å². The topological polar surface area (TPSA) is 90.1 Å². The Morgan fingerprint density at radius 3 is 1.94 bits per heavy atom. The summed E-state index contributed by atoms with van der Waals surface area (Å²) in [5.41, 5.74) is -1.04. The fourth-order valence-electron chi connectivity index (χ4n) is 2.45. The molecule has 0 N–H and O–H groups in total. The van der Waals surface area contributed by atoms with Crippen LogP contribution in [0.5, 0.6) is 0 Å². The summed E-state index contributed by atoms with van der Waals surface area (Å²) in [5, 5.41) is 3.18. The molecule has 0 spiro atoms. The van der Waals surface area contributed by atoms with Crippen LogP contribution in [0, 0.1) is 0 Å². The van der Waals surface area contributed by atoms with E-state index in [2.05, 4.69) is 14.7 Å². The number of alkyl halides is 6. The maximum atomic E-state index is 12.6. The molecule has 0 radical (unpaired) electrons. The lowest BCUT2D eigenvalue weighted by Crippen LogP contribution is -2.16. The van der Waals surface area contributed by atoms with E-state index < -0.39 is 50.1 Å². The van der Waals surface area contributed by atoms with Gasteiger partial charge in [-0.15, -0.1) is 0 Å². The van der Waals surface area contributed by atoms with Gasteiger partial charge in [-0.1, -0.05) is 29.4 Å². The van der Waals surface area contributed by atoms with Crippen LogP contribution in [0.1, 0.15) is 21.8 Å². The van der Waals surface area contributed by atoms with E-state index in [9.17, 15) is 39.6 Å². The Bertz CT molecular complexity index is 1200. The van der Waals surface area contributed by atoms with E-state index in [1.165, 1.54) is 12.1 Å². The van der Waals surface area contributed by atoms with Gasteiger partial charge in [0.25, 0.3) is 0 Å². The number of carbonyl (C=O) groups excluding carboxylic acids is 1. The van der Waals surface area contributed by atoms with Crippen LogP contribution in [0.15, 0.2) is 57.9 Å². The first-order chi connectivity index (χ1) is 14.3. The number of nitrogens with zero attached hydrogens (tertiary/aromatic N) is 2. The van der Waals surface area contributed by atoms with E-state index in [1.807, 2.05) is 0 Å². The summed E-state index contributed by atoms with van der Waals surface area (Å²) >= 11 is 0. The highest BCUT2D eigenvalue weighted by molar-refractivity contribution is 7.92. The molecule has 6 nitrogen and oxygen atoms in total. The molecule has 0 atom stereocenters. The first kappa shape index (κ1) is 22.5. The Kier molecular flexibility index (Phi) is 5.65. The Hall–Kier alpha value is -3.22. The third-order valence-electron chi connectivity index (χ3n) is 4.00. The van der Waals surface area contributed by atoms with Crippen LogP contribution in [-0.2, 0) is 22.2 Å². The van der Waals surface area contributed by atoms with Crippen molar-refractivity contribution in [3.63, 3.8) is 0 Å². The molecule has 3 aromatic rings. The van der Waals surface area contributed by atoms with Gasteiger partial charge >= 0.3 is 18.2 Å². The molecule has 31 heavy (non-hydrogen) atoms. The number of hydrogen-bond acceptors (Lipinski definition) is 6. The molecule has 2 aromatic carbocycles. The lowest BCUT2D eigenvalue weighted by molar-refractivity contribution is -0.159. The van der Waals surface area contributed by atoms with Crippen molar-refractivity contribution in [2.24, 2.45) is 0 Å². The monoisotopic (exact) mass is 464 g/mol. The van der Waals surface area contributed by atoms with E-state index in [4.69, 9.17) is 0 Å². The molecule has 164 valence electrons. The molecule has 0 saturated heterocycles. The van der Waals surface area contributed by atoms with Crippen molar-refractivity contribution < 1.29 is 44.1 Å². The average Bonchev–Trinajstić information content (AvgIpc) is 3.18. The molecule has 0 unspecified atom stereocenters. The highest BCUT2D eigenvalue weighted by Crippen LogP contribution is 2.31. The molecule has 1 heterocycles. The molecule has 0 aliphatic heterocycles. The van der Waals surface area contributed by atoms with Gasteiger partial charge in [-0.25, -0.2) is 8.42 Å². The molecule has 0 aliphatic carbocycles. The van der Waals surface area contributed by atoms with Crippen molar-refractivity contribution in [3.05, 3.63) is 65.5 Å². The van der Waals surface area contributed by atoms with Gasteiger partial charge in [0, 0.05) is 11.1 Å². The number of aromatic nitrogens is 2. The predicted molar refractivity (Wildman–Crippen MR) is 92.6 cm³/mol. The van der Waals surface area contributed by atoms with Gasteiger partial charge in [0.1, 0.15) is 5.75 Å². The molecular weight excluding hydrogens is 454 g/mol. The normalized spacial score (nSPS) is 12.7. The molecule has 3 rings (SSSR count). The molecule has 0 aliphatic rings. The third-order valence-corrected chi connectivity index (χ3v) is 5.63. The molecule has 13 heteroatoms. The average molecular weight is 464 g/mol. The van der Waals surface area contributed by atoms with Gasteiger partial charge in [-0.2, -0.15) is 31.3 Å². The molecular formula is C18H10F6N2O4S. The number of ketones is 1. The van der Waals surface area contributed by atoms with E-state index in [0.717, 1.165) is 24.3 Å². The number of rotatable bonds is 5. The fourth-order valence-corrected chi connectivity index (χ4v) is 3.68. The summed E-state index contributed by atoms with van der Waals surface area (Å²) in [6.07, 6.45) is -9.47. The fraction of sp³-hybridized carbons (Fsp3) is 0.167. The second kappa shape index (κ2) is 7.80. The van der Waals surface area contributed by atoms with E-state index in [0.29, 0.717) is 12.1 Å². The second-order valence-corrected chi connectivity index (χ2v) is 8.19. The van der Waals surface area contributed by atoms with Gasteiger partial charge in [-0.3, -0.25) is 4.79 Å². The molecule has 1 aromatic heterocycles. The van der Waals surface area contributed by atoms with Crippen molar-refractivity contribution >= 4 is 15.6 Å². The van der Waals surface area contributed by atoms with Gasteiger partial charge < -0.3 is 4.52 Å². The zero-order chi connectivity index (χ0) is 23.0. The van der Waals surface area contributed by atoms with E-state index in [1.54, 1.807) is 0 Å². The van der Waals surface area contributed by atoms with E-state index in [-0.39, 0.29) is 17.0 Å². The smallest absolute Gasteiger partial charge is 0.329 e. The molecule has 0 bridgehead atoms. The standard InChI is InChI=1S/C18H10F6N2O4S/c19-17(20,21)12-5-7-13(8-6-12)31(28,29)9-14(27)10-1-3-11(4-2-10)15-25-16(30-26-15)18(22,23)24/h1-8H,9H2. The van der Waals surface area contributed by atoms with Crippen molar-refractivity contribution in [2.75, 3.05) is 5.75 Å². The van der Waals surface area contributed by atoms with Gasteiger partial charge in [0.05, 0.1) is 10.5 Å². The zero-order valence-corrected chi connectivity index (χ0v) is 15.8. The Morgan fingerprint density at radius 2 is 1.45 bits per heavy atom. The van der Waals surface area contributed by atoms with Crippen LogP contribution >= 0.6 is 0 Å². The SMILES string of the molecule is O=C(CS(=O)(=O)c1ccc(C(F)(F)F)cc1)c1ccc(-c2noc(C(F)(F)F)n2)cc1. The zero-order valence-electron chi connectivity index (χ0n) is 15.0. The summed E-state index contributed by atoms with van der Waals surface area (Å²) in [6.45, 7) is 0. The molecule has 0 saturated carbocycles. The predicted octanol–water partition coefficient (Wildman–Crippen LogP) is 4.43. The van der Waals surface area contributed by atoms with Gasteiger partial charge in [0.2, 0.25) is 5.82 Å². The number of hydrogen-bond donors (Lipinski definition) is 0. The number of Topliss-reactive ketones (excluding diaryl/α,β-unsaturated/α-hetero) is 1. The van der Waals surface area contributed by atoms with Gasteiger partial charge in [-0.05, 0) is 24.3 Å². The second-order valence-electron chi connectivity index (χ2n) is 6.20. The summed E-state index contributed by atoms with van der Waals surface area (Å²) in [4.78, 5) is 15.0. The maximum Gasteiger partial charge on any atom is 0.471 e. The third kappa shape index (κ3) is 5.10. The Morgan fingerprint density at radius 1 is 0.871 bits per heavy atom. The summed E-state index contributed by atoms with van der Waals surface area (Å²) in [5.74, 6) is -3.82. The summed E-state index contributed by atoms with van der Waals surface area (Å²) in [7, 11) is -4.23. The first-order valence-corrected chi connectivity index (χ1v) is 9.87.